The number of carbonyl (C=O) groups is 2. The summed E-state index contributed by atoms with van der Waals surface area (Å²) >= 11 is 6.03. The highest BCUT2D eigenvalue weighted by molar-refractivity contribution is 6.30. The zero-order valence-corrected chi connectivity index (χ0v) is 31.0. The van der Waals surface area contributed by atoms with Crippen LogP contribution in [0.3, 0.4) is 0 Å². The predicted octanol–water partition coefficient (Wildman–Crippen LogP) is 7.33. The molecule has 51 heavy (non-hydrogen) atoms. The predicted molar refractivity (Wildman–Crippen MR) is 203 cm³/mol. The Morgan fingerprint density at radius 1 is 0.980 bits per heavy atom. The average Bonchev–Trinajstić information content (AvgIpc) is 3.37. The molecule has 1 saturated carbocycles. The van der Waals surface area contributed by atoms with E-state index in [0.29, 0.717) is 6.54 Å². The molecule has 0 unspecified atom stereocenters. The first-order valence-corrected chi connectivity index (χ1v) is 18.9. The first-order valence-electron chi connectivity index (χ1n) is 18.5. The number of nitrogens with zero attached hydrogens (tertiary/aromatic N) is 5. The lowest BCUT2D eigenvalue weighted by Crippen LogP contribution is -2.47. The molecule has 2 aliphatic carbocycles. The molecule has 2 aromatic heterocycles. The van der Waals surface area contributed by atoms with E-state index in [1.165, 1.54) is 41.6 Å². The van der Waals surface area contributed by atoms with Crippen molar-refractivity contribution in [3.8, 4) is 0 Å². The van der Waals surface area contributed by atoms with Crippen molar-refractivity contribution in [1.29, 1.82) is 0 Å². The number of fused-ring (bicyclic) bond motifs is 2. The number of halogens is 1. The van der Waals surface area contributed by atoms with Crippen molar-refractivity contribution in [3.05, 3.63) is 118 Å². The largest absolute Gasteiger partial charge is 0.446 e. The maximum Gasteiger partial charge on any atom is 0.410 e. The Balaban J connectivity index is 0.000000150. The number of rotatable bonds is 8. The van der Waals surface area contributed by atoms with E-state index in [0.717, 1.165) is 106 Å². The second-order valence-electron chi connectivity index (χ2n) is 13.6. The van der Waals surface area contributed by atoms with Crippen LogP contribution in [0, 0.1) is 13.8 Å². The lowest BCUT2D eigenvalue weighted by molar-refractivity contribution is -0.118. The molecule has 10 heteroatoms. The molecular formula is C41H53ClN6O3. The summed E-state index contributed by atoms with van der Waals surface area (Å²) in [6.07, 6.45) is 14.7. The number of aromatic nitrogens is 3. The normalized spacial score (nSPS) is 15.5. The lowest BCUT2D eigenvalue weighted by atomic mass is 9.98. The van der Waals surface area contributed by atoms with Gasteiger partial charge in [-0.15, -0.1) is 0 Å². The lowest BCUT2D eigenvalue weighted by Gasteiger charge is -2.29. The van der Waals surface area contributed by atoms with Crippen LogP contribution in [-0.4, -0.2) is 75.7 Å². The van der Waals surface area contributed by atoms with Crippen LogP contribution in [-0.2, 0) is 41.9 Å². The maximum atomic E-state index is 11.7. The highest BCUT2D eigenvalue weighted by Crippen LogP contribution is 2.25. The molecule has 1 N–H and O–H groups in total. The Hall–Kier alpha value is -4.21. The standard InChI is InChI=1S/C16H21N3O.C14H12ClN.C11H20N2O2/c1-14-11-19(15(2)17-14)10-6-9-18(13-20)12-16-7-4-3-5-8-16;15-13-6-5-12-9-14-10(2-1-7-16-14)3-4-11(12)8-13;14-11(13-8-6-12-7-9-13)15-10-4-2-1-3-5-10/h3-5,7-8,11,13H,6,9-10,12H2,1-2H3;1-2,5-8H,3-4,9H2;10,12H,1-9H2. The number of carbonyl (C=O) groups excluding carboxylic acids is 2. The molecular weight excluding hydrogens is 660 g/mol. The van der Waals surface area contributed by atoms with Crippen LogP contribution in [0.15, 0.2) is 73.1 Å². The van der Waals surface area contributed by atoms with E-state index in [1.807, 2.05) is 72.3 Å². The first kappa shape index (κ1) is 38.0. The molecule has 0 atom stereocenters. The van der Waals surface area contributed by atoms with Gasteiger partial charge in [0.1, 0.15) is 11.9 Å². The van der Waals surface area contributed by atoms with Gasteiger partial charge in [-0.1, -0.05) is 60.5 Å². The molecule has 1 saturated heterocycles. The van der Waals surface area contributed by atoms with Gasteiger partial charge in [-0.25, -0.2) is 9.78 Å². The molecule has 9 nitrogen and oxygen atoms in total. The summed E-state index contributed by atoms with van der Waals surface area (Å²) in [6.45, 7) is 9.68. The topological polar surface area (TPSA) is 92.6 Å². The fourth-order valence-electron chi connectivity index (χ4n) is 6.88. The van der Waals surface area contributed by atoms with Crippen LogP contribution in [0.1, 0.15) is 78.0 Å². The monoisotopic (exact) mass is 712 g/mol. The third-order valence-corrected chi connectivity index (χ3v) is 9.92. The fourth-order valence-corrected chi connectivity index (χ4v) is 7.07. The number of amides is 2. The van der Waals surface area contributed by atoms with Gasteiger partial charge in [0.05, 0.1) is 5.69 Å². The van der Waals surface area contributed by atoms with Crippen molar-refractivity contribution >= 4 is 24.1 Å². The van der Waals surface area contributed by atoms with Crippen LogP contribution in [0.25, 0.3) is 0 Å². The number of benzene rings is 2. The quantitative estimate of drug-likeness (QED) is 0.192. The van der Waals surface area contributed by atoms with Crippen molar-refractivity contribution in [2.24, 2.45) is 0 Å². The van der Waals surface area contributed by atoms with Gasteiger partial charge in [-0.05, 0) is 99.2 Å². The Kier molecular flexibility index (Phi) is 14.9. The Morgan fingerprint density at radius 2 is 1.75 bits per heavy atom. The van der Waals surface area contributed by atoms with E-state index in [1.54, 1.807) is 0 Å². The van der Waals surface area contributed by atoms with Crippen molar-refractivity contribution in [1.82, 2.24) is 29.7 Å². The van der Waals surface area contributed by atoms with Crippen LogP contribution >= 0.6 is 11.6 Å². The summed E-state index contributed by atoms with van der Waals surface area (Å²) in [6, 6.07) is 20.4. The maximum absolute atomic E-state index is 11.7. The van der Waals surface area contributed by atoms with Gasteiger partial charge in [-0.3, -0.25) is 9.78 Å². The van der Waals surface area contributed by atoms with Gasteiger partial charge < -0.3 is 24.4 Å². The zero-order chi connectivity index (χ0) is 35.8. The summed E-state index contributed by atoms with van der Waals surface area (Å²) in [5.74, 6) is 1.03. The summed E-state index contributed by atoms with van der Waals surface area (Å²) in [5.41, 5.74) is 7.51. The second kappa shape index (κ2) is 20.0. The van der Waals surface area contributed by atoms with Gasteiger partial charge in [0, 0.05) is 75.3 Å². The second-order valence-corrected chi connectivity index (χ2v) is 14.1. The number of pyridine rings is 1. The average molecular weight is 713 g/mol. The van der Waals surface area contributed by atoms with Crippen molar-refractivity contribution < 1.29 is 14.3 Å². The molecule has 0 radical (unpaired) electrons. The molecule has 272 valence electrons. The van der Waals surface area contributed by atoms with E-state index < -0.39 is 0 Å². The Labute approximate surface area is 308 Å². The SMILES string of the molecule is Cc1cn(CCCN(C=O)Cc2ccccc2)c(C)n1.Clc1ccc2c(c1)CCc1cccnc1C2.O=C(OC1CCCCC1)N1CCNCC1. The van der Waals surface area contributed by atoms with Gasteiger partial charge in [0.15, 0.2) is 0 Å². The number of hydrogen-bond acceptors (Lipinski definition) is 6. The summed E-state index contributed by atoms with van der Waals surface area (Å²) < 4.78 is 7.63. The van der Waals surface area contributed by atoms with E-state index in [2.05, 4.69) is 44.2 Å². The molecule has 1 aliphatic heterocycles. The molecule has 2 fully saturated rings. The number of imidazole rings is 1. The summed E-state index contributed by atoms with van der Waals surface area (Å²) in [4.78, 5) is 35.3. The Bertz CT molecular complexity index is 1670. The highest BCUT2D eigenvalue weighted by atomic mass is 35.5. The van der Waals surface area contributed by atoms with Crippen molar-refractivity contribution in [2.45, 2.75) is 90.8 Å². The molecule has 4 aromatic rings. The van der Waals surface area contributed by atoms with Crippen LogP contribution in [0.2, 0.25) is 5.02 Å². The zero-order valence-electron chi connectivity index (χ0n) is 30.2. The minimum absolute atomic E-state index is 0.108. The van der Waals surface area contributed by atoms with E-state index in [-0.39, 0.29) is 12.2 Å². The van der Waals surface area contributed by atoms with Crippen molar-refractivity contribution in [3.63, 3.8) is 0 Å². The number of piperazine rings is 1. The van der Waals surface area contributed by atoms with Crippen LogP contribution in [0.4, 0.5) is 4.79 Å². The van der Waals surface area contributed by atoms with E-state index in [4.69, 9.17) is 16.3 Å². The third-order valence-electron chi connectivity index (χ3n) is 9.69. The van der Waals surface area contributed by atoms with Crippen LogP contribution in [0.5, 0.6) is 0 Å². The Morgan fingerprint density at radius 3 is 2.47 bits per heavy atom. The van der Waals surface area contributed by atoms with Gasteiger partial charge >= 0.3 is 6.09 Å². The van der Waals surface area contributed by atoms with E-state index >= 15 is 0 Å². The molecule has 3 aliphatic rings. The number of aryl methyl sites for hydroxylation is 5. The summed E-state index contributed by atoms with van der Waals surface area (Å²) in [5, 5.41) is 4.05. The fraction of sp³-hybridized carbons (Fsp3) is 0.463. The van der Waals surface area contributed by atoms with Gasteiger partial charge in [0.25, 0.3) is 0 Å². The van der Waals surface area contributed by atoms with Gasteiger partial charge in [0.2, 0.25) is 6.41 Å². The molecule has 3 heterocycles. The molecule has 2 amide bonds. The minimum atomic E-state index is -0.108. The van der Waals surface area contributed by atoms with Gasteiger partial charge in [-0.2, -0.15) is 0 Å². The highest BCUT2D eigenvalue weighted by Gasteiger charge is 2.23. The first-order chi connectivity index (χ1) is 24.9. The van der Waals surface area contributed by atoms with E-state index in [9.17, 15) is 9.59 Å². The molecule has 7 rings (SSSR count). The number of nitrogens with one attached hydrogen (secondary N) is 1. The molecule has 0 bridgehead atoms. The number of hydrogen-bond donors (Lipinski definition) is 1. The van der Waals surface area contributed by atoms with Crippen LogP contribution < -0.4 is 5.32 Å². The molecule has 2 aromatic carbocycles. The minimum Gasteiger partial charge on any atom is -0.446 e. The smallest absolute Gasteiger partial charge is 0.410 e. The number of ether oxygens (including phenoxy) is 1. The molecule has 0 spiro atoms. The summed E-state index contributed by atoms with van der Waals surface area (Å²) in [7, 11) is 0. The third kappa shape index (κ3) is 12.2. The van der Waals surface area contributed by atoms with Crippen molar-refractivity contribution in [2.75, 3.05) is 32.7 Å².